The molecule has 0 nitrogen and oxygen atoms in total. The van der Waals surface area contributed by atoms with E-state index >= 15 is 0 Å². The van der Waals surface area contributed by atoms with Crippen LogP contribution in [0.5, 0.6) is 0 Å². The molecule has 0 radical (unpaired) electrons. The zero-order valence-corrected chi connectivity index (χ0v) is 6.07. The molecule has 2 heteroatoms. The lowest BCUT2D eigenvalue weighted by atomic mass is 9.93. The molecule has 0 saturated heterocycles. The highest BCUT2D eigenvalue weighted by molar-refractivity contribution is 5.26. The minimum absolute atomic E-state index is 0.167. The summed E-state index contributed by atoms with van der Waals surface area (Å²) >= 11 is 0. The van der Waals surface area contributed by atoms with Crippen LogP contribution >= 0.6 is 0 Å². The molecule has 0 aromatic heterocycles. The van der Waals surface area contributed by atoms with E-state index in [9.17, 15) is 8.78 Å². The Hall–Kier alpha value is -0.660. The SMILES string of the molecule is CC1=CC(F)=CC(F)C1C. The quantitative estimate of drug-likeness (QED) is 0.490. The van der Waals surface area contributed by atoms with E-state index in [-0.39, 0.29) is 5.92 Å². The van der Waals surface area contributed by atoms with Crippen LogP contribution in [0.2, 0.25) is 0 Å². The van der Waals surface area contributed by atoms with E-state index in [2.05, 4.69) is 0 Å². The molecule has 0 aliphatic heterocycles. The van der Waals surface area contributed by atoms with Gasteiger partial charge in [0.05, 0.1) is 0 Å². The van der Waals surface area contributed by atoms with Crippen LogP contribution in [-0.2, 0) is 0 Å². The van der Waals surface area contributed by atoms with Crippen LogP contribution < -0.4 is 0 Å². The molecule has 0 amide bonds. The van der Waals surface area contributed by atoms with Crippen LogP contribution in [0.3, 0.4) is 0 Å². The van der Waals surface area contributed by atoms with E-state index in [0.717, 1.165) is 11.6 Å². The molecule has 0 bridgehead atoms. The highest BCUT2D eigenvalue weighted by Gasteiger charge is 2.20. The first-order chi connectivity index (χ1) is 4.61. The van der Waals surface area contributed by atoms with Gasteiger partial charge in [-0.05, 0) is 19.1 Å². The number of halogens is 2. The van der Waals surface area contributed by atoms with Gasteiger partial charge < -0.3 is 0 Å². The largest absolute Gasteiger partial charge is 0.242 e. The van der Waals surface area contributed by atoms with Crippen LogP contribution in [-0.4, -0.2) is 6.17 Å². The first-order valence-corrected chi connectivity index (χ1v) is 3.31. The number of alkyl halides is 1. The number of rotatable bonds is 0. The van der Waals surface area contributed by atoms with Gasteiger partial charge >= 0.3 is 0 Å². The van der Waals surface area contributed by atoms with Crippen LogP contribution in [0.4, 0.5) is 8.78 Å². The Morgan fingerprint density at radius 2 is 2.10 bits per heavy atom. The molecule has 2 unspecified atom stereocenters. The molecule has 0 aromatic rings. The van der Waals surface area contributed by atoms with Crippen molar-refractivity contribution in [1.82, 2.24) is 0 Å². The molecule has 0 heterocycles. The molecule has 0 N–H and O–H groups in total. The third-order valence-electron chi connectivity index (χ3n) is 1.88. The highest BCUT2D eigenvalue weighted by atomic mass is 19.1. The lowest BCUT2D eigenvalue weighted by molar-refractivity contribution is 0.316. The summed E-state index contributed by atoms with van der Waals surface area (Å²) in [4.78, 5) is 0. The van der Waals surface area contributed by atoms with E-state index in [1.165, 1.54) is 6.08 Å². The normalized spacial score (nSPS) is 33.2. The summed E-state index contributed by atoms with van der Waals surface area (Å²) in [6.07, 6.45) is 1.24. The zero-order chi connectivity index (χ0) is 7.72. The van der Waals surface area contributed by atoms with E-state index in [0.29, 0.717) is 0 Å². The lowest BCUT2D eigenvalue weighted by Gasteiger charge is -2.17. The minimum atomic E-state index is -1.15. The van der Waals surface area contributed by atoms with Crippen molar-refractivity contribution < 1.29 is 8.78 Å². The fourth-order valence-electron chi connectivity index (χ4n) is 0.945. The predicted octanol–water partition coefficient (Wildman–Crippen LogP) is 2.77. The zero-order valence-electron chi connectivity index (χ0n) is 6.07. The molecule has 0 aromatic carbocycles. The second kappa shape index (κ2) is 2.52. The third kappa shape index (κ3) is 1.25. The van der Waals surface area contributed by atoms with Crippen molar-refractivity contribution >= 4 is 0 Å². The summed E-state index contributed by atoms with van der Waals surface area (Å²) < 4.78 is 25.1. The average molecular weight is 144 g/mol. The summed E-state index contributed by atoms with van der Waals surface area (Å²) in [5.41, 5.74) is 0.771. The Balaban J connectivity index is 2.85. The standard InChI is InChI=1S/C8H10F2/c1-5-3-7(9)4-8(10)6(5)2/h3-4,6,8H,1-2H3. The molecule has 1 aliphatic carbocycles. The van der Waals surface area contributed by atoms with Crippen molar-refractivity contribution in [3.8, 4) is 0 Å². The molecule has 0 saturated carbocycles. The van der Waals surface area contributed by atoms with E-state index in [1.54, 1.807) is 13.8 Å². The van der Waals surface area contributed by atoms with Crippen molar-refractivity contribution in [1.29, 1.82) is 0 Å². The Labute approximate surface area is 59.2 Å². The molecule has 2 atom stereocenters. The van der Waals surface area contributed by atoms with Crippen molar-refractivity contribution in [3.63, 3.8) is 0 Å². The molecule has 0 spiro atoms. The smallest absolute Gasteiger partial charge is 0.128 e. The Morgan fingerprint density at radius 3 is 2.60 bits per heavy atom. The number of hydrogen-bond acceptors (Lipinski definition) is 0. The lowest BCUT2D eigenvalue weighted by Crippen LogP contribution is -2.14. The second-order valence-corrected chi connectivity index (χ2v) is 2.67. The summed E-state index contributed by atoms with van der Waals surface area (Å²) in [6.45, 7) is 3.49. The molecular weight excluding hydrogens is 134 g/mol. The van der Waals surface area contributed by atoms with Crippen molar-refractivity contribution in [3.05, 3.63) is 23.6 Å². The molecule has 10 heavy (non-hydrogen) atoms. The van der Waals surface area contributed by atoms with Gasteiger partial charge in [0.15, 0.2) is 0 Å². The fraction of sp³-hybridized carbons (Fsp3) is 0.500. The fourth-order valence-corrected chi connectivity index (χ4v) is 0.945. The molecule has 0 fully saturated rings. The summed E-state index contributed by atoms with van der Waals surface area (Å²) in [7, 11) is 0. The summed E-state index contributed by atoms with van der Waals surface area (Å²) in [5.74, 6) is -0.623. The first-order valence-electron chi connectivity index (χ1n) is 3.31. The Morgan fingerprint density at radius 1 is 1.50 bits per heavy atom. The van der Waals surface area contributed by atoms with E-state index in [4.69, 9.17) is 0 Å². The Kier molecular flexibility index (Phi) is 1.88. The number of hydrogen-bond donors (Lipinski definition) is 0. The molecular formula is C8H10F2. The maximum absolute atomic E-state index is 12.7. The van der Waals surface area contributed by atoms with E-state index < -0.39 is 12.0 Å². The second-order valence-electron chi connectivity index (χ2n) is 2.67. The first kappa shape index (κ1) is 7.45. The van der Waals surface area contributed by atoms with E-state index in [1.807, 2.05) is 0 Å². The maximum Gasteiger partial charge on any atom is 0.128 e. The van der Waals surface area contributed by atoms with Gasteiger partial charge in [-0.1, -0.05) is 12.5 Å². The van der Waals surface area contributed by atoms with Gasteiger partial charge in [-0.3, -0.25) is 0 Å². The van der Waals surface area contributed by atoms with Crippen LogP contribution in [0.25, 0.3) is 0 Å². The van der Waals surface area contributed by atoms with Crippen LogP contribution in [0.15, 0.2) is 23.6 Å². The van der Waals surface area contributed by atoms with Gasteiger partial charge in [0, 0.05) is 5.92 Å². The summed E-state index contributed by atoms with van der Waals surface area (Å²) in [6, 6.07) is 0. The third-order valence-corrected chi connectivity index (χ3v) is 1.88. The monoisotopic (exact) mass is 144 g/mol. The molecule has 1 rings (SSSR count). The van der Waals surface area contributed by atoms with Gasteiger partial charge in [0.1, 0.15) is 12.0 Å². The minimum Gasteiger partial charge on any atom is -0.242 e. The number of allylic oxidation sites excluding steroid dienone is 4. The van der Waals surface area contributed by atoms with Crippen molar-refractivity contribution in [2.75, 3.05) is 0 Å². The average Bonchev–Trinajstić information content (AvgIpc) is 1.82. The summed E-state index contributed by atoms with van der Waals surface area (Å²) in [5, 5.41) is 0. The van der Waals surface area contributed by atoms with Crippen molar-refractivity contribution in [2.45, 2.75) is 20.0 Å². The van der Waals surface area contributed by atoms with Gasteiger partial charge in [-0.25, -0.2) is 8.78 Å². The Bertz CT molecular complexity index is 191. The van der Waals surface area contributed by atoms with Crippen molar-refractivity contribution in [2.24, 2.45) is 5.92 Å². The van der Waals surface area contributed by atoms with Gasteiger partial charge in [-0.15, -0.1) is 0 Å². The van der Waals surface area contributed by atoms with Gasteiger partial charge in [-0.2, -0.15) is 0 Å². The van der Waals surface area contributed by atoms with Gasteiger partial charge in [0.2, 0.25) is 0 Å². The topological polar surface area (TPSA) is 0 Å². The van der Waals surface area contributed by atoms with Crippen LogP contribution in [0, 0.1) is 5.92 Å². The van der Waals surface area contributed by atoms with Gasteiger partial charge in [0.25, 0.3) is 0 Å². The van der Waals surface area contributed by atoms with Crippen LogP contribution in [0.1, 0.15) is 13.8 Å². The molecule has 1 aliphatic rings. The maximum atomic E-state index is 12.7. The predicted molar refractivity (Wildman–Crippen MR) is 37.0 cm³/mol. The highest BCUT2D eigenvalue weighted by Crippen LogP contribution is 2.25. The molecule has 56 valence electrons.